The van der Waals surface area contributed by atoms with Crippen LogP contribution in [-0.2, 0) is 6.54 Å². The highest BCUT2D eigenvalue weighted by Crippen LogP contribution is 2.36. The van der Waals surface area contributed by atoms with Gasteiger partial charge < -0.3 is 5.11 Å². The Labute approximate surface area is 163 Å². The van der Waals surface area contributed by atoms with Crippen molar-refractivity contribution in [3.05, 3.63) is 75.4 Å². The van der Waals surface area contributed by atoms with Crippen molar-refractivity contribution in [3.8, 4) is 5.00 Å². The molecule has 140 valence electrons. The monoisotopic (exact) mass is 380 g/mol. The molecule has 2 aromatic heterocycles. The largest absolute Gasteiger partial charge is 0.513 e. The molecule has 0 amide bonds. The normalized spacial score (nSPS) is 12.3. The number of hydrogen-bond donors (Lipinski definition) is 1. The van der Waals surface area contributed by atoms with Gasteiger partial charge in [-0.25, -0.2) is 0 Å². The first-order valence-corrected chi connectivity index (χ1v) is 9.58. The van der Waals surface area contributed by atoms with E-state index in [9.17, 15) is 0 Å². The number of aryl methyl sites for hydroxylation is 3. The first-order chi connectivity index (χ1) is 12.8. The van der Waals surface area contributed by atoms with E-state index in [1.54, 1.807) is 11.3 Å². The third-order valence-electron chi connectivity index (χ3n) is 4.40. The molecule has 1 aliphatic heterocycles. The molecule has 0 radical (unpaired) electrons. The van der Waals surface area contributed by atoms with Gasteiger partial charge in [-0.15, -0.1) is 21.5 Å². The summed E-state index contributed by atoms with van der Waals surface area (Å²) in [5.41, 5.74) is 6.00. The Morgan fingerprint density at radius 3 is 2.37 bits per heavy atom. The van der Waals surface area contributed by atoms with Crippen LogP contribution in [0.25, 0.3) is 5.00 Å². The smallest absolute Gasteiger partial charge is 0.160 e. The highest BCUT2D eigenvalue weighted by Gasteiger charge is 2.26. The predicted molar refractivity (Wildman–Crippen MR) is 111 cm³/mol. The Balaban J connectivity index is 0.000000481. The van der Waals surface area contributed by atoms with Gasteiger partial charge in [0.25, 0.3) is 0 Å². The van der Waals surface area contributed by atoms with Crippen molar-refractivity contribution in [2.45, 2.75) is 41.2 Å². The van der Waals surface area contributed by atoms with Gasteiger partial charge >= 0.3 is 0 Å². The summed E-state index contributed by atoms with van der Waals surface area (Å²) >= 11 is 1.80. The van der Waals surface area contributed by atoms with E-state index in [-0.39, 0.29) is 5.76 Å². The third-order valence-corrected chi connectivity index (χ3v) is 5.59. The maximum atomic E-state index is 7.86. The number of thiophene rings is 1. The molecule has 27 heavy (non-hydrogen) atoms. The van der Waals surface area contributed by atoms with E-state index >= 15 is 0 Å². The molecular weight excluding hydrogens is 356 g/mol. The van der Waals surface area contributed by atoms with Crippen molar-refractivity contribution < 1.29 is 5.11 Å². The number of aliphatic hydroxyl groups excluding tert-OH is 1. The van der Waals surface area contributed by atoms with Gasteiger partial charge in [-0.2, -0.15) is 0 Å². The predicted octanol–water partition coefficient (Wildman–Crippen LogP) is 4.99. The minimum atomic E-state index is 0.167. The highest BCUT2D eigenvalue weighted by atomic mass is 32.1. The number of aliphatic imine (C=N–C) groups is 1. The maximum Gasteiger partial charge on any atom is 0.160 e. The molecule has 0 fully saturated rings. The molecule has 1 aliphatic rings. The number of aromatic nitrogens is 3. The van der Waals surface area contributed by atoms with Crippen LogP contribution in [0.1, 0.15) is 45.7 Å². The summed E-state index contributed by atoms with van der Waals surface area (Å²) in [5, 5.41) is 17.6. The number of allylic oxidation sites excluding steroid dienone is 1. The Morgan fingerprint density at radius 2 is 1.74 bits per heavy atom. The number of nitrogens with zero attached hydrogens (tertiary/aromatic N) is 4. The van der Waals surface area contributed by atoms with Crippen LogP contribution in [0.4, 0.5) is 0 Å². The van der Waals surface area contributed by atoms with E-state index in [1.807, 2.05) is 6.92 Å². The van der Waals surface area contributed by atoms with Gasteiger partial charge in [0.1, 0.15) is 17.4 Å². The van der Waals surface area contributed by atoms with Gasteiger partial charge in [-0.3, -0.25) is 9.56 Å². The second-order valence-electron chi connectivity index (χ2n) is 6.73. The molecule has 0 spiro atoms. The topological polar surface area (TPSA) is 63.3 Å². The molecule has 1 N–H and O–H groups in total. The zero-order valence-corrected chi connectivity index (χ0v) is 17.2. The SMILES string of the molecule is C=C(C)O.Cc1ccc(C2=NCc3nnc(C)n3-c3sc(C)c(C)c32)cc1. The zero-order chi connectivity index (χ0) is 19.7. The molecule has 1 aromatic carbocycles. The summed E-state index contributed by atoms with van der Waals surface area (Å²) in [6.07, 6.45) is 0. The fourth-order valence-electron chi connectivity index (χ4n) is 2.99. The maximum absolute atomic E-state index is 7.86. The summed E-state index contributed by atoms with van der Waals surface area (Å²) in [6.45, 7) is 13.7. The Morgan fingerprint density at radius 1 is 1.11 bits per heavy atom. The van der Waals surface area contributed by atoms with E-state index in [0.29, 0.717) is 6.54 Å². The molecular formula is C21H24N4OS. The van der Waals surface area contributed by atoms with E-state index in [2.05, 4.69) is 66.4 Å². The lowest BCUT2D eigenvalue weighted by atomic mass is 9.99. The van der Waals surface area contributed by atoms with Crippen LogP contribution in [0.15, 0.2) is 41.6 Å². The van der Waals surface area contributed by atoms with Gasteiger partial charge in [-0.05, 0) is 40.2 Å². The fourth-order valence-corrected chi connectivity index (χ4v) is 4.22. The standard InChI is InChI=1S/C18H18N4S.C3H6O/c1-10-5-7-14(8-6-10)17-16-11(2)12(3)23-18(16)22-13(4)20-21-15(22)9-19-17;1-3(2)4/h5-8H,9H2,1-4H3;4H,1H2,2H3. The lowest BCUT2D eigenvalue weighted by Crippen LogP contribution is -2.07. The number of fused-ring (bicyclic) bond motifs is 3. The van der Waals surface area contributed by atoms with Crippen molar-refractivity contribution >= 4 is 17.0 Å². The van der Waals surface area contributed by atoms with Gasteiger partial charge in [0.05, 0.1) is 11.5 Å². The van der Waals surface area contributed by atoms with Crippen LogP contribution in [0, 0.1) is 27.7 Å². The van der Waals surface area contributed by atoms with Crippen LogP contribution < -0.4 is 0 Å². The van der Waals surface area contributed by atoms with Gasteiger partial charge in [0.2, 0.25) is 0 Å². The molecule has 0 saturated heterocycles. The molecule has 6 heteroatoms. The lowest BCUT2D eigenvalue weighted by Gasteiger charge is -2.09. The first-order valence-electron chi connectivity index (χ1n) is 8.77. The van der Waals surface area contributed by atoms with Crippen molar-refractivity contribution in [2.75, 3.05) is 0 Å². The number of aliphatic hydroxyl groups is 1. The number of rotatable bonds is 1. The Kier molecular flexibility index (Phi) is 5.28. The van der Waals surface area contributed by atoms with Crippen molar-refractivity contribution in [3.63, 3.8) is 0 Å². The van der Waals surface area contributed by atoms with E-state index in [0.717, 1.165) is 22.9 Å². The molecule has 0 saturated carbocycles. The average molecular weight is 381 g/mol. The minimum Gasteiger partial charge on any atom is -0.513 e. The number of benzene rings is 1. The minimum absolute atomic E-state index is 0.167. The van der Waals surface area contributed by atoms with Crippen molar-refractivity contribution in [1.82, 2.24) is 14.8 Å². The zero-order valence-electron chi connectivity index (χ0n) is 16.4. The van der Waals surface area contributed by atoms with Crippen molar-refractivity contribution in [2.24, 2.45) is 4.99 Å². The molecule has 5 nitrogen and oxygen atoms in total. The van der Waals surface area contributed by atoms with Crippen molar-refractivity contribution in [1.29, 1.82) is 0 Å². The quantitative estimate of drug-likeness (QED) is 0.605. The van der Waals surface area contributed by atoms with Gasteiger partial charge in [0, 0.05) is 16.0 Å². The van der Waals surface area contributed by atoms with Crippen LogP contribution in [-0.4, -0.2) is 25.6 Å². The second-order valence-corrected chi connectivity index (χ2v) is 7.93. The summed E-state index contributed by atoms with van der Waals surface area (Å²) in [4.78, 5) is 6.21. The Bertz CT molecular complexity index is 1020. The van der Waals surface area contributed by atoms with Crippen LogP contribution in [0.2, 0.25) is 0 Å². The van der Waals surface area contributed by atoms with E-state index in [1.165, 1.54) is 33.5 Å². The lowest BCUT2D eigenvalue weighted by molar-refractivity contribution is 0.417. The molecule has 3 aromatic rings. The summed E-state index contributed by atoms with van der Waals surface area (Å²) in [5.74, 6) is 2.00. The first kappa shape index (κ1) is 19.0. The van der Waals surface area contributed by atoms with Gasteiger partial charge in [-0.1, -0.05) is 36.4 Å². The van der Waals surface area contributed by atoms with E-state index in [4.69, 9.17) is 10.1 Å². The summed E-state index contributed by atoms with van der Waals surface area (Å²) < 4.78 is 2.16. The molecule has 4 rings (SSSR count). The third kappa shape index (κ3) is 3.71. The van der Waals surface area contributed by atoms with Crippen LogP contribution >= 0.6 is 11.3 Å². The van der Waals surface area contributed by atoms with Gasteiger partial charge in [0.15, 0.2) is 5.82 Å². The molecule has 0 aliphatic carbocycles. The average Bonchev–Trinajstić information content (AvgIpc) is 3.04. The fraction of sp³-hybridized carbons (Fsp3) is 0.286. The Hall–Kier alpha value is -2.73. The molecule has 0 unspecified atom stereocenters. The highest BCUT2D eigenvalue weighted by molar-refractivity contribution is 7.15. The molecule has 0 bridgehead atoms. The second kappa shape index (κ2) is 7.48. The summed E-state index contributed by atoms with van der Waals surface area (Å²) in [6, 6.07) is 8.60. The number of hydrogen-bond acceptors (Lipinski definition) is 5. The summed E-state index contributed by atoms with van der Waals surface area (Å²) in [7, 11) is 0. The molecule has 0 atom stereocenters. The van der Waals surface area contributed by atoms with Crippen LogP contribution in [0.5, 0.6) is 0 Å². The molecule has 3 heterocycles. The van der Waals surface area contributed by atoms with Crippen LogP contribution in [0.3, 0.4) is 0 Å². The van der Waals surface area contributed by atoms with E-state index < -0.39 is 0 Å².